The second kappa shape index (κ2) is 7.56. The number of aliphatic carboxylic acids is 1. The van der Waals surface area contributed by atoms with Gasteiger partial charge in [0, 0.05) is 18.4 Å². The predicted molar refractivity (Wildman–Crippen MR) is 93.6 cm³/mol. The molecule has 0 radical (unpaired) electrons. The van der Waals surface area contributed by atoms with E-state index in [4.69, 9.17) is 14.9 Å². The Hall–Kier alpha value is -2.99. The number of carbonyl (C=O) groups is 4. The number of furan rings is 1. The molecule has 1 aromatic heterocycles. The van der Waals surface area contributed by atoms with Gasteiger partial charge in [0.2, 0.25) is 5.91 Å². The average Bonchev–Trinajstić information content (AvgIpc) is 3.15. The zero-order chi connectivity index (χ0) is 20.5. The fourth-order valence-electron chi connectivity index (χ4n) is 3.04. The van der Waals surface area contributed by atoms with Gasteiger partial charge in [-0.05, 0) is 12.1 Å². The van der Waals surface area contributed by atoms with E-state index in [1.54, 1.807) is 12.1 Å². The summed E-state index contributed by atoms with van der Waals surface area (Å²) in [5, 5.41) is 11.3. The van der Waals surface area contributed by atoms with Crippen molar-refractivity contribution in [2.24, 2.45) is 5.73 Å². The third kappa shape index (κ3) is 3.31. The first-order valence-electron chi connectivity index (χ1n) is 8.01. The van der Waals surface area contributed by atoms with Gasteiger partial charge in [-0.1, -0.05) is 0 Å². The molecule has 1 saturated heterocycles. The SMILES string of the molecule is COC1(NC(=O)Cc2ccco2)C(=O)N2C(C(=O)O)=C(COC(N)=O)CS[C@@H]21. The maximum Gasteiger partial charge on any atom is 0.404 e. The van der Waals surface area contributed by atoms with Gasteiger partial charge in [-0.3, -0.25) is 14.5 Å². The van der Waals surface area contributed by atoms with Gasteiger partial charge < -0.3 is 30.0 Å². The summed E-state index contributed by atoms with van der Waals surface area (Å²) in [6.45, 7) is -0.356. The Bertz CT molecular complexity index is 852. The maximum atomic E-state index is 12.8. The van der Waals surface area contributed by atoms with Gasteiger partial charge >= 0.3 is 12.1 Å². The second-order valence-electron chi connectivity index (χ2n) is 5.95. The molecule has 0 bridgehead atoms. The van der Waals surface area contributed by atoms with Crippen molar-refractivity contribution in [1.29, 1.82) is 0 Å². The summed E-state index contributed by atoms with van der Waals surface area (Å²) in [6, 6.07) is 3.24. The highest BCUT2D eigenvalue weighted by Crippen LogP contribution is 2.46. The molecule has 0 aromatic carbocycles. The Morgan fingerprint density at radius 1 is 1.50 bits per heavy atom. The van der Waals surface area contributed by atoms with Crippen LogP contribution in [0.25, 0.3) is 0 Å². The molecule has 4 N–H and O–H groups in total. The van der Waals surface area contributed by atoms with Crippen molar-refractivity contribution in [3.63, 3.8) is 0 Å². The molecule has 3 amide bonds. The number of amides is 3. The van der Waals surface area contributed by atoms with Crippen LogP contribution < -0.4 is 11.1 Å². The van der Waals surface area contributed by atoms with Gasteiger partial charge in [0.15, 0.2) is 0 Å². The van der Waals surface area contributed by atoms with Crippen LogP contribution >= 0.6 is 11.8 Å². The van der Waals surface area contributed by atoms with Crippen LogP contribution in [0.2, 0.25) is 0 Å². The van der Waals surface area contributed by atoms with E-state index < -0.39 is 35.0 Å². The zero-order valence-corrected chi connectivity index (χ0v) is 15.5. The lowest BCUT2D eigenvalue weighted by Crippen LogP contribution is -2.80. The zero-order valence-electron chi connectivity index (χ0n) is 14.7. The number of carboxylic acid groups (broad SMARTS) is 1. The van der Waals surface area contributed by atoms with E-state index in [0.717, 1.165) is 4.90 Å². The summed E-state index contributed by atoms with van der Waals surface area (Å²) in [4.78, 5) is 48.7. The maximum absolute atomic E-state index is 12.8. The number of β-lactam (4-membered cyclic amide) rings is 1. The molecule has 2 aliphatic rings. The van der Waals surface area contributed by atoms with Crippen molar-refractivity contribution in [1.82, 2.24) is 10.2 Å². The molecule has 2 atom stereocenters. The Kier molecular flexibility index (Phi) is 5.34. The number of carbonyl (C=O) groups excluding carboxylic acids is 3. The fraction of sp³-hybridized carbons (Fsp3) is 0.375. The molecule has 150 valence electrons. The molecule has 0 spiro atoms. The Morgan fingerprint density at radius 2 is 2.25 bits per heavy atom. The number of fused-ring (bicyclic) bond motifs is 1. The number of hydrogen-bond acceptors (Lipinski definition) is 8. The number of hydrogen-bond donors (Lipinski definition) is 3. The molecular formula is C16H17N3O8S. The number of thioether (sulfide) groups is 1. The van der Waals surface area contributed by atoms with Crippen molar-refractivity contribution < 1.29 is 38.2 Å². The predicted octanol–water partition coefficient (Wildman–Crippen LogP) is -0.370. The molecule has 1 unspecified atom stereocenters. The van der Waals surface area contributed by atoms with Crippen LogP contribution in [0.15, 0.2) is 34.1 Å². The molecule has 3 heterocycles. The highest BCUT2D eigenvalue weighted by Gasteiger charge is 2.66. The summed E-state index contributed by atoms with van der Waals surface area (Å²) < 4.78 is 15.1. The highest BCUT2D eigenvalue weighted by molar-refractivity contribution is 8.00. The van der Waals surface area contributed by atoms with E-state index in [0.29, 0.717) is 5.76 Å². The Morgan fingerprint density at radius 3 is 2.82 bits per heavy atom. The first-order chi connectivity index (χ1) is 13.3. The normalized spacial score (nSPS) is 23.7. The molecule has 2 aliphatic heterocycles. The smallest absolute Gasteiger partial charge is 0.404 e. The minimum atomic E-state index is -1.70. The van der Waals surface area contributed by atoms with Crippen LogP contribution in [0.4, 0.5) is 4.79 Å². The molecule has 0 saturated carbocycles. The van der Waals surface area contributed by atoms with E-state index in [2.05, 4.69) is 10.1 Å². The number of primary amides is 1. The van der Waals surface area contributed by atoms with E-state index in [1.807, 2.05) is 0 Å². The summed E-state index contributed by atoms with van der Waals surface area (Å²) in [6.07, 6.45) is 0.250. The third-order valence-electron chi connectivity index (χ3n) is 4.26. The first kappa shape index (κ1) is 19.8. The highest BCUT2D eigenvalue weighted by atomic mass is 32.2. The molecule has 1 aromatic rings. The quantitative estimate of drug-likeness (QED) is 0.401. The van der Waals surface area contributed by atoms with Gasteiger partial charge in [0.25, 0.3) is 11.6 Å². The molecule has 3 rings (SSSR count). The number of methoxy groups -OCH3 is 1. The Labute approximate surface area is 162 Å². The lowest BCUT2D eigenvalue weighted by molar-refractivity contribution is -0.192. The summed E-state index contributed by atoms with van der Waals surface area (Å²) in [7, 11) is 1.25. The van der Waals surface area contributed by atoms with Crippen molar-refractivity contribution in [3.05, 3.63) is 35.4 Å². The minimum Gasteiger partial charge on any atom is -0.477 e. The minimum absolute atomic E-state index is 0.109. The van der Waals surface area contributed by atoms with Crippen LogP contribution in [-0.2, 0) is 30.3 Å². The van der Waals surface area contributed by atoms with Crippen LogP contribution in [0.3, 0.4) is 0 Å². The first-order valence-corrected chi connectivity index (χ1v) is 9.06. The van der Waals surface area contributed by atoms with Gasteiger partial charge in [-0.15, -0.1) is 11.8 Å². The monoisotopic (exact) mass is 411 g/mol. The van der Waals surface area contributed by atoms with Crippen molar-refractivity contribution in [2.75, 3.05) is 19.5 Å². The molecule has 28 heavy (non-hydrogen) atoms. The Balaban J connectivity index is 1.81. The van der Waals surface area contributed by atoms with Gasteiger partial charge in [0.1, 0.15) is 23.4 Å². The van der Waals surface area contributed by atoms with Gasteiger partial charge in [-0.2, -0.15) is 0 Å². The number of ether oxygens (including phenoxy) is 2. The standard InChI is InChI=1S/C16H17N3O8S/c1-25-16(18-10(20)5-9-3-2-4-26-9)13(23)19-11(12(21)22)8(6-27-15(17)24)7-28-14(16)19/h2-4,14H,5-7H2,1H3,(H2,17,24)(H,18,20)(H,21,22)/t14-,16?/m1/s1. The molecular weight excluding hydrogens is 394 g/mol. The number of nitrogens with zero attached hydrogens (tertiary/aromatic N) is 1. The molecule has 12 heteroatoms. The van der Waals surface area contributed by atoms with Crippen LogP contribution in [0, 0.1) is 0 Å². The van der Waals surface area contributed by atoms with Gasteiger partial charge in [0.05, 0.1) is 12.7 Å². The molecule has 11 nitrogen and oxygen atoms in total. The van der Waals surface area contributed by atoms with Crippen LogP contribution in [0.5, 0.6) is 0 Å². The van der Waals surface area contributed by atoms with E-state index >= 15 is 0 Å². The summed E-state index contributed by atoms with van der Waals surface area (Å²) >= 11 is 1.17. The van der Waals surface area contributed by atoms with Gasteiger partial charge in [-0.25, -0.2) is 9.59 Å². The average molecular weight is 411 g/mol. The fourth-order valence-corrected chi connectivity index (χ4v) is 4.46. The number of nitrogens with two attached hydrogens (primary N) is 1. The van der Waals surface area contributed by atoms with E-state index in [-0.39, 0.29) is 30.1 Å². The summed E-state index contributed by atoms with van der Waals surface area (Å²) in [5.41, 5.74) is 3.11. The molecule has 0 aliphatic carbocycles. The van der Waals surface area contributed by atoms with Crippen molar-refractivity contribution in [2.45, 2.75) is 17.5 Å². The van der Waals surface area contributed by atoms with Crippen molar-refractivity contribution in [3.8, 4) is 0 Å². The van der Waals surface area contributed by atoms with Crippen LogP contribution in [-0.4, -0.2) is 64.5 Å². The van der Waals surface area contributed by atoms with Crippen LogP contribution in [0.1, 0.15) is 5.76 Å². The van der Waals surface area contributed by atoms with Crippen molar-refractivity contribution >= 4 is 35.6 Å². The third-order valence-corrected chi connectivity index (χ3v) is 5.64. The molecule has 1 fully saturated rings. The summed E-state index contributed by atoms with van der Waals surface area (Å²) in [5.74, 6) is -2.08. The largest absolute Gasteiger partial charge is 0.477 e. The lowest BCUT2D eigenvalue weighted by Gasteiger charge is -2.55. The topological polar surface area (TPSA) is 161 Å². The van der Waals surface area contributed by atoms with E-state index in [1.165, 1.54) is 25.1 Å². The number of nitrogens with one attached hydrogen (secondary N) is 1. The number of rotatable bonds is 7. The number of carboxylic acids is 1. The second-order valence-corrected chi connectivity index (χ2v) is 7.02. The lowest BCUT2D eigenvalue weighted by atomic mass is 9.98. The van der Waals surface area contributed by atoms with E-state index in [9.17, 15) is 24.3 Å².